The minimum Gasteiger partial charge on any atom is -0.293 e. The molecule has 0 aliphatic rings. The third kappa shape index (κ3) is 4.03. The fourth-order valence-electron chi connectivity index (χ4n) is 3.45. The van der Waals surface area contributed by atoms with Gasteiger partial charge < -0.3 is 0 Å². The van der Waals surface area contributed by atoms with Crippen LogP contribution in [0.2, 0.25) is 5.02 Å². The predicted octanol–water partition coefficient (Wildman–Crippen LogP) is 6.37. The van der Waals surface area contributed by atoms with Crippen molar-refractivity contribution in [3.8, 4) is 0 Å². The summed E-state index contributed by atoms with van der Waals surface area (Å²) in [6.45, 7) is 8.95. The van der Waals surface area contributed by atoms with Gasteiger partial charge in [-0.1, -0.05) is 48.0 Å². The maximum Gasteiger partial charge on any atom is 0.176 e. The van der Waals surface area contributed by atoms with Crippen LogP contribution in [0.15, 0.2) is 48.5 Å². The van der Waals surface area contributed by atoms with Crippen molar-refractivity contribution in [2.75, 3.05) is 6.54 Å². The van der Waals surface area contributed by atoms with Gasteiger partial charge in [0.15, 0.2) is 5.78 Å². The summed E-state index contributed by atoms with van der Waals surface area (Å²) in [7, 11) is 0. The zero-order valence-electron chi connectivity index (χ0n) is 15.6. The lowest BCUT2D eigenvalue weighted by molar-refractivity contribution is 0.0867. The number of carbonyl (C=O) groups excluding carboxylic acids is 1. The molecule has 4 heteroatoms. The smallest absolute Gasteiger partial charge is 0.176 e. The van der Waals surface area contributed by atoms with E-state index in [2.05, 4.69) is 38.7 Å². The zero-order chi connectivity index (χ0) is 18.1. The van der Waals surface area contributed by atoms with Crippen molar-refractivity contribution in [2.24, 2.45) is 0 Å². The van der Waals surface area contributed by atoms with Crippen LogP contribution in [0.5, 0.6) is 0 Å². The second-order valence-corrected chi connectivity index (χ2v) is 7.53. The molecule has 138 valence electrons. The van der Waals surface area contributed by atoms with E-state index >= 15 is 0 Å². The van der Waals surface area contributed by atoms with Crippen molar-refractivity contribution in [3.05, 3.63) is 59.1 Å². The summed E-state index contributed by atoms with van der Waals surface area (Å²) in [5.41, 5.74) is 0.756. The van der Waals surface area contributed by atoms with E-state index < -0.39 is 0 Å². The molecule has 0 aliphatic carbocycles. The topological polar surface area (TPSA) is 20.3 Å². The molecule has 3 aromatic rings. The summed E-state index contributed by atoms with van der Waals surface area (Å²) in [6.07, 6.45) is 0. The average molecular weight is 390 g/mol. The second kappa shape index (κ2) is 8.39. The highest BCUT2D eigenvalue weighted by molar-refractivity contribution is 6.37. The number of ketones is 1. The van der Waals surface area contributed by atoms with Crippen LogP contribution >= 0.6 is 24.0 Å². The van der Waals surface area contributed by atoms with E-state index in [9.17, 15) is 4.79 Å². The molecule has 26 heavy (non-hydrogen) atoms. The number of Topliss-reactive ketones (excluding diaryl/α,β-unsaturated/α-hetero) is 1. The van der Waals surface area contributed by atoms with Gasteiger partial charge in [0.05, 0.1) is 6.54 Å². The summed E-state index contributed by atoms with van der Waals surface area (Å²) < 4.78 is 0. The molecule has 0 saturated carbocycles. The van der Waals surface area contributed by atoms with Crippen LogP contribution in [-0.4, -0.2) is 29.3 Å². The number of halogens is 2. The Kier molecular flexibility index (Phi) is 6.68. The van der Waals surface area contributed by atoms with E-state index in [1.54, 1.807) is 0 Å². The van der Waals surface area contributed by atoms with Gasteiger partial charge in [0.2, 0.25) is 0 Å². The molecule has 0 aromatic heterocycles. The molecule has 3 rings (SSSR count). The van der Waals surface area contributed by atoms with Crippen molar-refractivity contribution in [3.63, 3.8) is 0 Å². The van der Waals surface area contributed by atoms with Crippen molar-refractivity contribution < 1.29 is 4.79 Å². The van der Waals surface area contributed by atoms with E-state index in [0.717, 1.165) is 32.1 Å². The first-order valence-corrected chi connectivity index (χ1v) is 9.16. The van der Waals surface area contributed by atoms with Crippen LogP contribution in [0.1, 0.15) is 38.1 Å². The zero-order valence-corrected chi connectivity index (χ0v) is 17.2. The number of hydrogen-bond donors (Lipinski definition) is 0. The maximum atomic E-state index is 12.8. The minimum absolute atomic E-state index is 0. The molecule has 0 unspecified atom stereocenters. The van der Waals surface area contributed by atoms with Crippen LogP contribution in [0.3, 0.4) is 0 Å². The highest BCUT2D eigenvalue weighted by atomic mass is 35.5. The van der Waals surface area contributed by atoms with E-state index in [-0.39, 0.29) is 18.2 Å². The van der Waals surface area contributed by atoms with Crippen molar-refractivity contribution in [1.82, 2.24) is 4.90 Å². The molecule has 0 bridgehead atoms. The van der Waals surface area contributed by atoms with Gasteiger partial charge in [-0.25, -0.2) is 0 Å². The Morgan fingerprint density at radius 2 is 1.54 bits per heavy atom. The number of nitrogens with zero attached hydrogens (tertiary/aromatic N) is 1. The van der Waals surface area contributed by atoms with Crippen LogP contribution < -0.4 is 0 Å². The molecule has 2 nitrogen and oxygen atoms in total. The minimum atomic E-state index is 0. The number of carbonyl (C=O) groups is 1. The summed E-state index contributed by atoms with van der Waals surface area (Å²) in [4.78, 5) is 15.1. The van der Waals surface area contributed by atoms with Gasteiger partial charge in [-0.2, -0.15) is 0 Å². The molecule has 0 aliphatic heterocycles. The van der Waals surface area contributed by atoms with E-state index in [0.29, 0.717) is 18.6 Å². The van der Waals surface area contributed by atoms with Gasteiger partial charge in [-0.15, -0.1) is 12.4 Å². The Morgan fingerprint density at radius 1 is 0.923 bits per heavy atom. The van der Waals surface area contributed by atoms with Gasteiger partial charge in [-0.05, 0) is 56.0 Å². The molecule has 0 atom stereocenters. The Morgan fingerprint density at radius 3 is 2.15 bits per heavy atom. The lowest BCUT2D eigenvalue weighted by atomic mass is 9.98. The molecule has 0 saturated heterocycles. The Balaban J connectivity index is 0.00000243. The van der Waals surface area contributed by atoms with Gasteiger partial charge >= 0.3 is 0 Å². The van der Waals surface area contributed by atoms with E-state index in [1.807, 2.05) is 42.5 Å². The van der Waals surface area contributed by atoms with E-state index in [1.165, 1.54) is 0 Å². The maximum absolute atomic E-state index is 12.8. The lowest BCUT2D eigenvalue weighted by Crippen LogP contribution is -2.40. The molecule has 0 radical (unpaired) electrons. The predicted molar refractivity (Wildman–Crippen MR) is 115 cm³/mol. The Bertz CT molecular complexity index is 926. The molecule has 0 amide bonds. The van der Waals surface area contributed by atoms with Gasteiger partial charge in [0.25, 0.3) is 0 Å². The fraction of sp³-hybridized carbons (Fsp3) is 0.318. The number of rotatable bonds is 5. The molecule has 0 heterocycles. The largest absolute Gasteiger partial charge is 0.293 e. The molecule has 0 fully saturated rings. The highest BCUT2D eigenvalue weighted by Gasteiger charge is 2.18. The fourth-order valence-corrected chi connectivity index (χ4v) is 3.73. The second-order valence-electron chi connectivity index (χ2n) is 7.12. The Labute approximate surface area is 166 Å². The van der Waals surface area contributed by atoms with Crippen LogP contribution in [-0.2, 0) is 0 Å². The van der Waals surface area contributed by atoms with Gasteiger partial charge in [-0.3, -0.25) is 9.69 Å². The Hall–Kier alpha value is -1.61. The normalized spacial score (nSPS) is 11.5. The van der Waals surface area contributed by atoms with Crippen molar-refractivity contribution in [2.45, 2.75) is 39.8 Å². The number of hydrogen-bond acceptors (Lipinski definition) is 2. The molecule has 0 spiro atoms. The first kappa shape index (κ1) is 20.7. The summed E-state index contributed by atoms with van der Waals surface area (Å²) in [6, 6.07) is 16.6. The summed E-state index contributed by atoms with van der Waals surface area (Å²) in [5.74, 6) is 0.156. The highest BCUT2D eigenvalue weighted by Crippen LogP contribution is 2.32. The first-order chi connectivity index (χ1) is 11.9. The molecular formula is C22H25Cl2NO. The summed E-state index contributed by atoms with van der Waals surface area (Å²) in [5, 5.41) is 4.99. The third-order valence-corrected chi connectivity index (χ3v) is 5.10. The first-order valence-electron chi connectivity index (χ1n) is 8.78. The van der Waals surface area contributed by atoms with E-state index in [4.69, 9.17) is 11.6 Å². The number of fused-ring (bicyclic) bond motifs is 3. The van der Waals surface area contributed by atoms with Crippen LogP contribution in [0, 0.1) is 0 Å². The van der Waals surface area contributed by atoms with Gasteiger partial charge in [0, 0.05) is 28.1 Å². The van der Waals surface area contributed by atoms with Crippen molar-refractivity contribution in [1.29, 1.82) is 0 Å². The quantitative estimate of drug-likeness (QED) is 0.373. The summed E-state index contributed by atoms with van der Waals surface area (Å²) >= 11 is 6.40. The monoisotopic (exact) mass is 389 g/mol. The lowest BCUT2D eigenvalue weighted by Gasteiger charge is -2.29. The van der Waals surface area contributed by atoms with Crippen LogP contribution in [0.25, 0.3) is 21.5 Å². The molecule has 3 aromatic carbocycles. The molecule has 0 N–H and O–H groups in total. The third-order valence-electron chi connectivity index (χ3n) is 4.78. The SMILES string of the molecule is CC(C)N(CC(=O)c1ccc2cc(Cl)c3ccccc3c2c1)C(C)C.Cl. The molecular weight excluding hydrogens is 365 g/mol. The average Bonchev–Trinajstić information content (AvgIpc) is 2.59. The van der Waals surface area contributed by atoms with Crippen LogP contribution in [0.4, 0.5) is 0 Å². The number of benzene rings is 3. The standard InChI is InChI=1S/C22H24ClNO.ClH/c1-14(2)24(15(3)4)13-22(25)17-10-9-16-12-21(23)19-8-6-5-7-18(19)20(16)11-17;/h5-12,14-15H,13H2,1-4H3;1H. The van der Waals surface area contributed by atoms with Gasteiger partial charge in [0.1, 0.15) is 0 Å². The van der Waals surface area contributed by atoms with Crippen molar-refractivity contribution >= 4 is 51.3 Å².